The summed E-state index contributed by atoms with van der Waals surface area (Å²) in [5, 5.41) is 11.0. The lowest BCUT2D eigenvalue weighted by molar-refractivity contribution is 0.222. The van der Waals surface area contributed by atoms with Crippen molar-refractivity contribution in [3.05, 3.63) is 30.0 Å². The Kier molecular flexibility index (Phi) is 5.29. The zero-order valence-corrected chi connectivity index (χ0v) is 13.7. The van der Waals surface area contributed by atoms with E-state index in [9.17, 15) is 5.11 Å². The Morgan fingerprint density at radius 1 is 1.10 bits per heavy atom. The second kappa shape index (κ2) is 6.99. The predicted molar refractivity (Wildman–Crippen MR) is 89.8 cm³/mol. The van der Waals surface area contributed by atoms with E-state index in [-0.39, 0.29) is 0 Å². The number of phenolic OH excluding ortho intramolecular Hbond substituents is 1. The van der Waals surface area contributed by atoms with Gasteiger partial charge in [0.15, 0.2) is 0 Å². The molecular weight excluding hydrogens is 260 g/mol. The molecule has 1 heterocycles. The second-order valence-corrected chi connectivity index (χ2v) is 6.81. The monoisotopic (exact) mass is 288 g/mol. The van der Waals surface area contributed by atoms with E-state index in [2.05, 4.69) is 37.6 Å². The summed E-state index contributed by atoms with van der Waals surface area (Å²) in [5.41, 5.74) is 2.23. The van der Waals surface area contributed by atoms with Crippen LogP contribution in [0.3, 0.4) is 0 Å². The van der Waals surface area contributed by atoms with E-state index < -0.39 is 0 Å². The van der Waals surface area contributed by atoms with Gasteiger partial charge in [-0.05, 0) is 36.0 Å². The zero-order chi connectivity index (χ0) is 15.4. The number of benzene rings is 1. The van der Waals surface area contributed by atoms with Gasteiger partial charge in [0.25, 0.3) is 0 Å². The smallest absolute Gasteiger partial charge is 0.125 e. The number of nitrogens with one attached hydrogen (secondary N) is 1. The predicted octanol–water partition coefficient (Wildman–Crippen LogP) is 4.03. The molecule has 0 radical (unpaired) electrons. The summed E-state index contributed by atoms with van der Waals surface area (Å²) in [7, 11) is 0. The molecule has 0 saturated carbocycles. The van der Waals surface area contributed by atoms with Crippen molar-refractivity contribution < 1.29 is 5.11 Å². The van der Waals surface area contributed by atoms with E-state index in [1.807, 2.05) is 18.3 Å². The van der Waals surface area contributed by atoms with E-state index in [0.29, 0.717) is 17.6 Å². The van der Waals surface area contributed by atoms with Gasteiger partial charge >= 0.3 is 0 Å². The van der Waals surface area contributed by atoms with Gasteiger partial charge < -0.3 is 15.0 Å². The molecule has 0 saturated heterocycles. The van der Waals surface area contributed by atoms with Crippen LogP contribution in [0.4, 0.5) is 0 Å². The summed E-state index contributed by atoms with van der Waals surface area (Å²) in [5.74, 6) is 1.74. The summed E-state index contributed by atoms with van der Waals surface area (Å²) < 4.78 is 0. The van der Waals surface area contributed by atoms with Crippen LogP contribution in [0.5, 0.6) is 5.75 Å². The normalized spacial score (nSPS) is 12.1. The number of hydrogen-bond acceptors (Lipinski definition) is 2. The Bertz CT molecular complexity index is 562. The van der Waals surface area contributed by atoms with Gasteiger partial charge in [0, 0.05) is 36.7 Å². The molecule has 0 amide bonds. The highest BCUT2D eigenvalue weighted by Crippen LogP contribution is 2.27. The molecule has 0 bridgehead atoms. The Morgan fingerprint density at radius 3 is 2.38 bits per heavy atom. The van der Waals surface area contributed by atoms with E-state index in [1.165, 1.54) is 5.56 Å². The largest absolute Gasteiger partial charge is 0.507 e. The minimum atomic E-state index is 0.378. The first-order valence-electron chi connectivity index (χ1n) is 7.97. The van der Waals surface area contributed by atoms with Crippen LogP contribution in [0.15, 0.2) is 24.4 Å². The minimum absolute atomic E-state index is 0.378. The molecule has 0 atom stereocenters. The third-order valence-corrected chi connectivity index (χ3v) is 3.71. The topological polar surface area (TPSA) is 39.3 Å². The Labute approximate surface area is 128 Å². The van der Waals surface area contributed by atoms with Crippen LogP contribution in [0.25, 0.3) is 10.9 Å². The molecule has 3 nitrogen and oxygen atoms in total. The summed E-state index contributed by atoms with van der Waals surface area (Å²) in [6, 6.07) is 5.65. The van der Waals surface area contributed by atoms with Crippen LogP contribution >= 0.6 is 0 Å². The van der Waals surface area contributed by atoms with Crippen LogP contribution in [0.2, 0.25) is 0 Å². The van der Waals surface area contributed by atoms with Crippen LogP contribution in [0, 0.1) is 11.8 Å². The van der Waals surface area contributed by atoms with Gasteiger partial charge in [0.05, 0.1) is 0 Å². The van der Waals surface area contributed by atoms with Crippen molar-refractivity contribution in [1.82, 2.24) is 9.88 Å². The van der Waals surface area contributed by atoms with E-state index in [4.69, 9.17) is 0 Å². The Balaban J connectivity index is 2.08. The number of hydrogen-bond donors (Lipinski definition) is 2. The van der Waals surface area contributed by atoms with Gasteiger partial charge in [0.1, 0.15) is 5.75 Å². The zero-order valence-electron chi connectivity index (χ0n) is 13.7. The quantitative estimate of drug-likeness (QED) is 0.807. The van der Waals surface area contributed by atoms with E-state index >= 15 is 0 Å². The molecule has 0 unspecified atom stereocenters. The highest BCUT2D eigenvalue weighted by molar-refractivity contribution is 5.88. The van der Waals surface area contributed by atoms with Crippen molar-refractivity contribution in [3.63, 3.8) is 0 Å². The number of aromatic nitrogens is 1. The number of fused-ring (bicyclic) bond motifs is 1. The van der Waals surface area contributed by atoms with Crippen molar-refractivity contribution in [1.29, 1.82) is 0 Å². The molecule has 2 N–H and O–H groups in total. The number of aromatic hydroxyl groups is 1. The highest BCUT2D eigenvalue weighted by Gasteiger charge is 2.12. The lowest BCUT2D eigenvalue weighted by Gasteiger charge is -2.26. The molecule has 2 rings (SSSR count). The summed E-state index contributed by atoms with van der Waals surface area (Å²) >= 11 is 0. The second-order valence-electron chi connectivity index (χ2n) is 6.81. The molecule has 0 aliphatic heterocycles. The first kappa shape index (κ1) is 15.9. The number of rotatable bonds is 7. The third kappa shape index (κ3) is 4.24. The molecule has 0 aliphatic carbocycles. The fourth-order valence-electron chi connectivity index (χ4n) is 3.00. The maximum atomic E-state index is 10.1. The average molecular weight is 288 g/mol. The molecule has 2 aromatic rings. The van der Waals surface area contributed by atoms with Crippen molar-refractivity contribution in [2.24, 2.45) is 11.8 Å². The lowest BCUT2D eigenvalue weighted by Crippen LogP contribution is -2.33. The van der Waals surface area contributed by atoms with Crippen LogP contribution in [-0.2, 0) is 6.42 Å². The molecule has 1 aromatic heterocycles. The fourth-order valence-corrected chi connectivity index (χ4v) is 3.00. The van der Waals surface area contributed by atoms with Gasteiger partial charge in [-0.15, -0.1) is 0 Å². The number of aromatic amines is 1. The lowest BCUT2D eigenvalue weighted by atomic mass is 10.1. The van der Waals surface area contributed by atoms with Crippen LogP contribution in [0.1, 0.15) is 33.3 Å². The molecule has 0 spiro atoms. The van der Waals surface area contributed by atoms with E-state index in [0.717, 1.165) is 37.0 Å². The van der Waals surface area contributed by atoms with Gasteiger partial charge in [0.2, 0.25) is 0 Å². The SMILES string of the molecule is CC(C)CN(CCc1c[nH]c2cccc(O)c12)CC(C)C. The number of nitrogens with zero attached hydrogens (tertiary/aromatic N) is 1. The first-order chi connectivity index (χ1) is 9.97. The molecular formula is C18H28N2O. The molecule has 21 heavy (non-hydrogen) atoms. The maximum absolute atomic E-state index is 10.1. The number of phenols is 1. The van der Waals surface area contributed by atoms with Crippen molar-refractivity contribution in [3.8, 4) is 5.75 Å². The van der Waals surface area contributed by atoms with Gasteiger partial charge in [-0.2, -0.15) is 0 Å². The summed E-state index contributed by atoms with van der Waals surface area (Å²) in [4.78, 5) is 5.79. The van der Waals surface area contributed by atoms with Crippen molar-refractivity contribution >= 4 is 10.9 Å². The maximum Gasteiger partial charge on any atom is 0.125 e. The average Bonchev–Trinajstić information content (AvgIpc) is 2.79. The van der Waals surface area contributed by atoms with Crippen molar-refractivity contribution in [2.45, 2.75) is 34.1 Å². The van der Waals surface area contributed by atoms with Gasteiger partial charge in [-0.3, -0.25) is 0 Å². The van der Waals surface area contributed by atoms with Crippen LogP contribution in [-0.4, -0.2) is 34.6 Å². The van der Waals surface area contributed by atoms with Crippen molar-refractivity contribution in [2.75, 3.05) is 19.6 Å². The third-order valence-electron chi connectivity index (χ3n) is 3.71. The first-order valence-corrected chi connectivity index (χ1v) is 7.97. The van der Waals surface area contributed by atoms with Gasteiger partial charge in [-0.1, -0.05) is 33.8 Å². The Hall–Kier alpha value is -1.48. The molecule has 1 aromatic carbocycles. The minimum Gasteiger partial charge on any atom is -0.507 e. The standard InChI is InChI=1S/C18H28N2O/c1-13(2)11-20(12-14(3)4)9-8-15-10-19-16-6-5-7-17(21)18(15)16/h5-7,10,13-14,19,21H,8-9,11-12H2,1-4H3. The van der Waals surface area contributed by atoms with Gasteiger partial charge in [-0.25, -0.2) is 0 Å². The molecule has 116 valence electrons. The molecule has 0 fully saturated rings. The molecule has 0 aliphatic rings. The highest BCUT2D eigenvalue weighted by atomic mass is 16.3. The number of H-pyrrole nitrogens is 1. The summed E-state index contributed by atoms with van der Waals surface area (Å²) in [6.07, 6.45) is 3.00. The Morgan fingerprint density at radius 2 is 1.76 bits per heavy atom. The van der Waals surface area contributed by atoms with Crippen LogP contribution < -0.4 is 0 Å². The fraction of sp³-hybridized carbons (Fsp3) is 0.556. The van der Waals surface area contributed by atoms with E-state index in [1.54, 1.807) is 6.07 Å². The summed E-state index contributed by atoms with van der Waals surface area (Å²) in [6.45, 7) is 12.4. The molecule has 3 heteroatoms.